The minimum absolute atomic E-state index is 0.0413. The molecular formula is C12H17N3O4S. The van der Waals surface area contributed by atoms with E-state index in [9.17, 15) is 13.2 Å². The summed E-state index contributed by atoms with van der Waals surface area (Å²) in [5.41, 5.74) is 1.24. The molecule has 0 aromatic heterocycles. The van der Waals surface area contributed by atoms with Crippen LogP contribution in [0.25, 0.3) is 0 Å². The van der Waals surface area contributed by atoms with Crippen LogP contribution in [-0.2, 0) is 10.0 Å². The van der Waals surface area contributed by atoms with Crippen molar-refractivity contribution < 1.29 is 18.3 Å². The van der Waals surface area contributed by atoms with Crippen LogP contribution in [0, 0.1) is 0 Å². The van der Waals surface area contributed by atoms with Crippen molar-refractivity contribution >= 4 is 27.5 Å². The highest BCUT2D eigenvalue weighted by atomic mass is 32.2. The molecule has 1 aliphatic rings. The second-order valence-electron chi connectivity index (χ2n) is 4.81. The molecule has 110 valence electrons. The Hall–Kier alpha value is -1.96. The van der Waals surface area contributed by atoms with Gasteiger partial charge in [-0.3, -0.25) is 4.72 Å². The van der Waals surface area contributed by atoms with Gasteiger partial charge in [-0.1, -0.05) is 6.07 Å². The Kier molecular flexibility index (Phi) is 4.03. The van der Waals surface area contributed by atoms with Gasteiger partial charge in [-0.2, -0.15) is 0 Å². The van der Waals surface area contributed by atoms with Crippen molar-refractivity contribution in [2.24, 2.45) is 0 Å². The van der Waals surface area contributed by atoms with Crippen molar-refractivity contribution in [2.45, 2.75) is 12.5 Å². The maximum absolute atomic E-state index is 11.2. The Morgan fingerprint density at radius 3 is 2.70 bits per heavy atom. The van der Waals surface area contributed by atoms with Crippen LogP contribution in [0.1, 0.15) is 6.42 Å². The molecule has 8 heteroatoms. The van der Waals surface area contributed by atoms with Gasteiger partial charge in [-0.25, -0.2) is 13.2 Å². The number of benzene rings is 1. The Balaban J connectivity index is 2.00. The third kappa shape index (κ3) is 4.02. The van der Waals surface area contributed by atoms with Crippen molar-refractivity contribution in [1.82, 2.24) is 4.90 Å². The second-order valence-corrected chi connectivity index (χ2v) is 6.56. The fraction of sp³-hybridized carbons (Fsp3) is 0.417. The van der Waals surface area contributed by atoms with Gasteiger partial charge in [0.15, 0.2) is 0 Å². The molecule has 1 unspecified atom stereocenters. The first kappa shape index (κ1) is 14.4. The lowest BCUT2D eigenvalue weighted by molar-refractivity contribution is 0.155. The summed E-state index contributed by atoms with van der Waals surface area (Å²) in [5, 5.41) is 12.1. The average molecular weight is 299 g/mol. The minimum Gasteiger partial charge on any atom is -0.465 e. The monoisotopic (exact) mass is 299 g/mol. The van der Waals surface area contributed by atoms with E-state index in [0.717, 1.165) is 18.4 Å². The maximum Gasteiger partial charge on any atom is 0.407 e. The summed E-state index contributed by atoms with van der Waals surface area (Å²) in [6, 6.07) is 6.94. The number of amides is 1. The van der Waals surface area contributed by atoms with E-state index in [-0.39, 0.29) is 6.04 Å². The van der Waals surface area contributed by atoms with Crippen molar-refractivity contribution in [3.63, 3.8) is 0 Å². The van der Waals surface area contributed by atoms with E-state index in [0.29, 0.717) is 18.8 Å². The lowest BCUT2D eigenvalue weighted by Gasteiger charge is -2.15. The molecule has 1 heterocycles. The van der Waals surface area contributed by atoms with Gasteiger partial charge in [-0.05, 0) is 24.6 Å². The van der Waals surface area contributed by atoms with E-state index in [1.165, 1.54) is 4.90 Å². The zero-order valence-corrected chi connectivity index (χ0v) is 11.9. The van der Waals surface area contributed by atoms with Gasteiger partial charge in [0.25, 0.3) is 0 Å². The number of nitrogens with zero attached hydrogens (tertiary/aromatic N) is 1. The zero-order chi connectivity index (χ0) is 14.8. The topological polar surface area (TPSA) is 98.7 Å². The number of sulfonamides is 1. The summed E-state index contributed by atoms with van der Waals surface area (Å²) in [4.78, 5) is 12.2. The second kappa shape index (κ2) is 5.58. The summed E-state index contributed by atoms with van der Waals surface area (Å²) < 4.78 is 24.7. The number of carbonyl (C=O) groups is 1. The summed E-state index contributed by atoms with van der Waals surface area (Å²) >= 11 is 0. The van der Waals surface area contributed by atoms with Crippen LogP contribution in [0.3, 0.4) is 0 Å². The Morgan fingerprint density at radius 1 is 1.40 bits per heavy atom. The molecule has 20 heavy (non-hydrogen) atoms. The quantitative estimate of drug-likeness (QED) is 0.776. The molecule has 3 N–H and O–H groups in total. The molecule has 0 bridgehead atoms. The van der Waals surface area contributed by atoms with Crippen LogP contribution in [-0.4, -0.2) is 49.9 Å². The van der Waals surface area contributed by atoms with Gasteiger partial charge in [-0.15, -0.1) is 0 Å². The molecule has 1 aliphatic heterocycles. The van der Waals surface area contributed by atoms with Gasteiger partial charge in [0.1, 0.15) is 0 Å². The van der Waals surface area contributed by atoms with Crippen molar-refractivity contribution in [2.75, 3.05) is 29.4 Å². The number of nitrogens with one attached hydrogen (secondary N) is 2. The van der Waals surface area contributed by atoms with Crippen LogP contribution < -0.4 is 10.0 Å². The summed E-state index contributed by atoms with van der Waals surface area (Å²) in [6.07, 6.45) is 0.909. The molecule has 0 aliphatic carbocycles. The highest BCUT2D eigenvalue weighted by Gasteiger charge is 2.25. The first-order valence-corrected chi connectivity index (χ1v) is 8.05. The van der Waals surface area contributed by atoms with Crippen molar-refractivity contribution in [1.29, 1.82) is 0 Å². The zero-order valence-electron chi connectivity index (χ0n) is 11.0. The first-order chi connectivity index (χ1) is 9.33. The lowest BCUT2D eigenvalue weighted by atomic mass is 10.2. The van der Waals surface area contributed by atoms with Crippen LogP contribution in [0.4, 0.5) is 16.2 Å². The van der Waals surface area contributed by atoms with Crippen LogP contribution >= 0.6 is 0 Å². The molecule has 0 spiro atoms. The van der Waals surface area contributed by atoms with Gasteiger partial charge in [0, 0.05) is 24.8 Å². The fourth-order valence-electron chi connectivity index (χ4n) is 2.17. The fourth-order valence-corrected chi connectivity index (χ4v) is 2.73. The molecule has 0 radical (unpaired) electrons. The summed E-state index contributed by atoms with van der Waals surface area (Å²) in [7, 11) is -3.30. The van der Waals surface area contributed by atoms with E-state index in [1.807, 2.05) is 6.07 Å². The molecule has 0 saturated carbocycles. The highest BCUT2D eigenvalue weighted by molar-refractivity contribution is 7.92. The number of likely N-dealkylation sites (tertiary alicyclic amines) is 1. The van der Waals surface area contributed by atoms with E-state index in [1.54, 1.807) is 18.2 Å². The molecule has 1 saturated heterocycles. The van der Waals surface area contributed by atoms with Gasteiger partial charge < -0.3 is 15.3 Å². The molecule has 1 aromatic carbocycles. The standard InChI is InChI=1S/C12H17N3O4S/c1-20(18,19)14-10-4-2-3-9(7-10)13-11-5-6-15(8-11)12(16)17/h2-4,7,11,13-14H,5-6,8H2,1H3,(H,16,17). The SMILES string of the molecule is CS(=O)(=O)Nc1cccc(NC2CCN(C(=O)O)C2)c1. The van der Waals surface area contributed by atoms with E-state index >= 15 is 0 Å². The predicted molar refractivity (Wildman–Crippen MR) is 76.5 cm³/mol. The van der Waals surface area contributed by atoms with Crippen molar-refractivity contribution in [3.8, 4) is 0 Å². The van der Waals surface area contributed by atoms with Crippen molar-refractivity contribution in [3.05, 3.63) is 24.3 Å². The van der Waals surface area contributed by atoms with Gasteiger partial charge in [0.2, 0.25) is 10.0 Å². The number of hydrogen-bond donors (Lipinski definition) is 3. The first-order valence-electron chi connectivity index (χ1n) is 6.16. The number of hydrogen-bond acceptors (Lipinski definition) is 4. The number of rotatable bonds is 4. The Morgan fingerprint density at radius 2 is 2.10 bits per heavy atom. The molecule has 1 aromatic rings. The molecule has 1 fully saturated rings. The maximum atomic E-state index is 11.2. The predicted octanol–water partition coefficient (Wildman–Crippen LogP) is 1.22. The highest BCUT2D eigenvalue weighted by Crippen LogP contribution is 2.20. The lowest BCUT2D eigenvalue weighted by Crippen LogP contribution is -2.30. The van der Waals surface area contributed by atoms with E-state index < -0.39 is 16.1 Å². The summed E-state index contributed by atoms with van der Waals surface area (Å²) in [6.45, 7) is 0.938. The van der Waals surface area contributed by atoms with Gasteiger partial charge >= 0.3 is 6.09 Å². The normalized spacial score (nSPS) is 18.9. The largest absolute Gasteiger partial charge is 0.465 e. The summed E-state index contributed by atoms with van der Waals surface area (Å²) in [5.74, 6) is 0. The van der Waals surface area contributed by atoms with Crippen LogP contribution in [0.5, 0.6) is 0 Å². The average Bonchev–Trinajstić information content (AvgIpc) is 2.75. The minimum atomic E-state index is -3.30. The Bertz CT molecular complexity index is 602. The molecular weight excluding hydrogens is 282 g/mol. The molecule has 1 atom stereocenters. The van der Waals surface area contributed by atoms with Crippen LogP contribution in [0.15, 0.2) is 24.3 Å². The smallest absolute Gasteiger partial charge is 0.407 e. The third-order valence-corrected chi connectivity index (χ3v) is 3.60. The number of carboxylic acid groups (broad SMARTS) is 1. The van der Waals surface area contributed by atoms with E-state index in [2.05, 4.69) is 10.0 Å². The van der Waals surface area contributed by atoms with E-state index in [4.69, 9.17) is 5.11 Å². The molecule has 2 rings (SSSR count). The Labute approximate surface area is 117 Å². The molecule has 7 nitrogen and oxygen atoms in total. The third-order valence-electron chi connectivity index (χ3n) is 3.00. The van der Waals surface area contributed by atoms with Gasteiger partial charge in [0.05, 0.1) is 11.9 Å². The van der Waals surface area contributed by atoms with Crippen LogP contribution in [0.2, 0.25) is 0 Å². The molecule has 1 amide bonds. The number of anilines is 2.